The molecule has 4 aromatic rings. The van der Waals surface area contributed by atoms with E-state index in [1.807, 2.05) is 24.3 Å². The molecule has 0 fully saturated rings. The largest absolute Gasteiger partial charge is 0.369 e. The Labute approximate surface area is 162 Å². The third-order valence-corrected chi connectivity index (χ3v) is 4.56. The monoisotopic (exact) mass is 375 g/mol. The molecular weight excluding hydrogens is 358 g/mol. The zero-order valence-corrected chi connectivity index (χ0v) is 15.4. The highest BCUT2D eigenvalue weighted by atomic mass is 35.5. The molecule has 3 aromatic heterocycles. The van der Waals surface area contributed by atoms with Gasteiger partial charge < -0.3 is 5.32 Å². The number of hydrogen-bond donors (Lipinski definition) is 1. The fourth-order valence-electron chi connectivity index (χ4n) is 2.93. The molecule has 1 N–H and O–H groups in total. The molecule has 0 spiro atoms. The van der Waals surface area contributed by atoms with Crippen molar-refractivity contribution in [1.29, 1.82) is 0 Å². The van der Waals surface area contributed by atoms with E-state index in [-0.39, 0.29) is 0 Å². The van der Waals surface area contributed by atoms with Crippen molar-refractivity contribution in [3.05, 3.63) is 77.8 Å². The molecule has 1 aromatic carbocycles. The lowest BCUT2D eigenvalue weighted by Gasteiger charge is -2.11. The minimum Gasteiger partial charge on any atom is -0.369 e. The van der Waals surface area contributed by atoms with Gasteiger partial charge in [-0.05, 0) is 36.6 Å². The summed E-state index contributed by atoms with van der Waals surface area (Å²) in [6.07, 6.45) is 7.13. The van der Waals surface area contributed by atoms with Crippen LogP contribution in [0.15, 0.2) is 67.1 Å². The molecule has 0 saturated heterocycles. The number of aromatic nitrogens is 4. The van der Waals surface area contributed by atoms with Gasteiger partial charge in [0.2, 0.25) is 0 Å². The maximum Gasteiger partial charge on any atom is 0.162 e. The van der Waals surface area contributed by atoms with Crippen LogP contribution >= 0.6 is 11.6 Å². The van der Waals surface area contributed by atoms with Crippen molar-refractivity contribution < 1.29 is 0 Å². The maximum absolute atomic E-state index is 6.29. The molecule has 0 aliphatic heterocycles. The van der Waals surface area contributed by atoms with E-state index in [9.17, 15) is 0 Å². The Morgan fingerprint density at radius 1 is 0.889 bits per heavy atom. The molecule has 6 heteroatoms. The number of fused-ring (bicyclic) bond motifs is 1. The van der Waals surface area contributed by atoms with Crippen molar-refractivity contribution in [3.8, 4) is 11.4 Å². The third-order valence-electron chi connectivity index (χ3n) is 4.29. The predicted octanol–water partition coefficient (Wildman–Crippen LogP) is 4.78. The van der Waals surface area contributed by atoms with Gasteiger partial charge in [-0.25, -0.2) is 15.0 Å². The van der Waals surface area contributed by atoms with Gasteiger partial charge in [-0.2, -0.15) is 0 Å². The van der Waals surface area contributed by atoms with Gasteiger partial charge in [-0.3, -0.25) is 4.98 Å². The average Bonchev–Trinajstić information content (AvgIpc) is 2.73. The molecule has 27 heavy (non-hydrogen) atoms. The van der Waals surface area contributed by atoms with Gasteiger partial charge in [0.15, 0.2) is 11.0 Å². The second kappa shape index (κ2) is 8.10. The molecule has 134 valence electrons. The number of halogens is 1. The van der Waals surface area contributed by atoms with E-state index < -0.39 is 0 Å². The number of benzene rings is 1. The smallest absolute Gasteiger partial charge is 0.162 e. The quantitative estimate of drug-likeness (QED) is 0.388. The van der Waals surface area contributed by atoms with E-state index >= 15 is 0 Å². The molecule has 0 aliphatic carbocycles. The van der Waals surface area contributed by atoms with Crippen LogP contribution in [-0.2, 0) is 6.42 Å². The van der Waals surface area contributed by atoms with Crippen LogP contribution in [0.25, 0.3) is 22.3 Å². The highest BCUT2D eigenvalue weighted by molar-refractivity contribution is 6.34. The lowest BCUT2D eigenvalue weighted by Crippen LogP contribution is -2.07. The molecular formula is C21H18ClN5. The number of nitrogens with zero attached hydrogens (tertiary/aromatic N) is 4. The van der Waals surface area contributed by atoms with E-state index in [0.717, 1.165) is 36.2 Å². The lowest BCUT2D eigenvalue weighted by molar-refractivity contribution is 0.860. The number of rotatable bonds is 6. The van der Waals surface area contributed by atoms with Crippen molar-refractivity contribution in [2.75, 3.05) is 11.9 Å². The number of pyridine rings is 2. The van der Waals surface area contributed by atoms with Crippen LogP contribution in [0.3, 0.4) is 0 Å². The van der Waals surface area contributed by atoms with Crippen LogP contribution in [0.4, 0.5) is 5.82 Å². The summed E-state index contributed by atoms with van der Waals surface area (Å²) in [4.78, 5) is 17.5. The Morgan fingerprint density at radius 2 is 1.70 bits per heavy atom. The second-order valence-electron chi connectivity index (χ2n) is 6.15. The molecule has 4 rings (SSSR count). The van der Waals surface area contributed by atoms with Gasteiger partial charge in [0.05, 0.1) is 0 Å². The summed E-state index contributed by atoms with van der Waals surface area (Å²) in [6, 6.07) is 16.1. The van der Waals surface area contributed by atoms with Crippen LogP contribution in [0, 0.1) is 0 Å². The zero-order valence-electron chi connectivity index (χ0n) is 14.6. The molecule has 0 aliphatic rings. The lowest BCUT2D eigenvalue weighted by atomic mass is 10.1. The van der Waals surface area contributed by atoms with Crippen LogP contribution < -0.4 is 5.32 Å². The Hall–Kier alpha value is -3.05. The van der Waals surface area contributed by atoms with Gasteiger partial charge in [-0.1, -0.05) is 41.9 Å². The molecule has 0 saturated carbocycles. The van der Waals surface area contributed by atoms with Crippen LogP contribution in [0.1, 0.15) is 12.0 Å². The predicted molar refractivity (Wildman–Crippen MR) is 109 cm³/mol. The topological polar surface area (TPSA) is 63.6 Å². The average molecular weight is 376 g/mol. The van der Waals surface area contributed by atoms with Crippen LogP contribution in [-0.4, -0.2) is 26.5 Å². The van der Waals surface area contributed by atoms with Crippen molar-refractivity contribution in [2.24, 2.45) is 0 Å². The van der Waals surface area contributed by atoms with Crippen molar-refractivity contribution in [2.45, 2.75) is 12.8 Å². The summed E-state index contributed by atoms with van der Waals surface area (Å²) in [6.45, 7) is 0.802. The van der Waals surface area contributed by atoms with E-state index in [1.165, 1.54) is 5.56 Å². The van der Waals surface area contributed by atoms with Crippen molar-refractivity contribution >= 4 is 28.3 Å². The highest BCUT2D eigenvalue weighted by Crippen LogP contribution is 2.28. The summed E-state index contributed by atoms with van der Waals surface area (Å²) < 4.78 is 0. The number of anilines is 1. The highest BCUT2D eigenvalue weighted by Gasteiger charge is 2.12. The number of hydrogen-bond acceptors (Lipinski definition) is 5. The molecule has 3 heterocycles. The molecule has 0 amide bonds. The van der Waals surface area contributed by atoms with E-state index in [1.54, 1.807) is 18.6 Å². The van der Waals surface area contributed by atoms with Crippen LogP contribution in [0.5, 0.6) is 0 Å². The third kappa shape index (κ3) is 4.04. The summed E-state index contributed by atoms with van der Waals surface area (Å²) >= 11 is 6.29. The van der Waals surface area contributed by atoms with E-state index in [2.05, 4.69) is 44.5 Å². The fraction of sp³-hybridized carbons (Fsp3) is 0.143. The first kappa shape index (κ1) is 17.4. The van der Waals surface area contributed by atoms with Gasteiger partial charge in [0.1, 0.15) is 11.3 Å². The van der Waals surface area contributed by atoms with Crippen molar-refractivity contribution in [1.82, 2.24) is 19.9 Å². The standard InChI is InChI=1S/C21H18ClN5/c22-19-18-17(10-14-24-19)21(25-11-4-7-15-5-2-1-3-6-15)27-20(26-18)16-8-12-23-13-9-16/h1-3,5-6,8-10,12-14H,4,7,11H2,(H,25,26,27). The number of aryl methyl sites for hydroxylation is 1. The van der Waals surface area contributed by atoms with Crippen LogP contribution in [0.2, 0.25) is 5.15 Å². The summed E-state index contributed by atoms with van der Waals surface area (Å²) in [5, 5.41) is 4.68. The number of nitrogens with one attached hydrogen (secondary N) is 1. The molecule has 5 nitrogen and oxygen atoms in total. The Bertz CT molecular complexity index is 1040. The first-order chi connectivity index (χ1) is 13.3. The van der Waals surface area contributed by atoms with Gasteiger partial charge in [0.25, 0.3) is 0 Å². The first-order valence-corrected chi connectivity index (χ1v) is 9.19. The second-order valence-corrected chi connectivity index (χ2v) is 6.50. The minimum atomic E-state index is 0.373. The molecule has 0 bridgehead atoms. The van der Waals surface area contributed by atoms with E-state index in [0.29, 0.717) is 16.5 Å². The Kier molecular flexibility index (Phi) is 5.21. The summed E-state index contributed by atoms with van der Waals surface area (Å²) in [5.41, 5.74) is 2.86. The zero-order chi connectivity index (χ0) is 18.5. The van der Waals surface area contributed by atoms with Gasteiger partial charge in [0, 0.05) is 36.1 Å². The fourth-order valence-corrected chi connectivity index (χ4v) is 3.13. The van der Waals surface area contributed by atoms with Gasteiger partial charge in [-0.15, -0.1) is 0 Å². The van der Waals surface area contributed by atoms with Crippen molar-refractivity contribution in [3.63, 3.8) is 0 Å². The van der Waals surface area contributed by atoms with Gasteiger partial charge >= 0.3 is 0 Å². The summed E-state index contributed by atoms with van der Waals surface area (Å²) in [7, 11) is 0. The summed E-state index contributed by atoms with van der Waals surface area (Å²) in [5.74, 6) is 1.37. The SMILES string of the molecule is Clc1nccc2c(NCCCc3ccccc3)nc(-c3ccncc3)nc12. The Balaban J connectivity index is 1.59. The minimum absolute atomic E-state index is 0.373. The normalized spacial score (nSPS) is 10.9. The molecule has 0 radical (unpaired) electrons. The van der Waals surface area contributed by atoms with E-state index in [4.69, 9.17) is 16.6 Å². The first-order valence-electron chi connectivity index (χ1n) is 8.82. The maximum atomic E-state index is 6.29. The molecule has 0 unspecified atom stereocenters. The Morgan fingerprint density at radius 3 is 2.52 bits per heavy atom. The molecule has 0 atom stereocenters.